The molecule has 0 spiro atoms. The lowest BCUT2D eigenvalue weighted by atomic mass is 10.1. The predicted octanol–water partition coefficient (Wildman–Crippen LogP) is 4.95. The first kappa shape index (κ1) is 15.1. The van der Waals surface area contributed by atoms with Crippen molar-refractivity contribution in [2.45, 2.75) is 24.1 Å². The molecule has 1 aromatic carbocycles. The van der Waals surface area contributed by atoms with Crippen LogP contribution in [0.25, 0.3) is 11.5 Å². The molecule has 0 aliphatic heterocycles. The zero-order valence-corrected chi connectivity index (χ0v) is 13.7. The summed E-state index contributed by atoms with van der Waals surface area (Å²) in [7, 11) is 0. The number of halogens is 1. The number of pyridine rings is 1. The summed E-state index contributed by atoms with van der Waals surface area (Å²) in [4.78, 5) is 4.26. The molecule has 2 aromatic heterocycles. The Kier molecular flexibility index (Phi) is 4.45. The van der Waals surface area contributed by atoms with Gasteiger partial charge in [-0.1, -0.05) is 41.1 Å². The molecule has 1 unspecified atom stereocenters. The summed E-state index contributed by atoms with van der Waals surface area (Å²) >= 11 is 7.62. The number of hydrogen-bond donors (Lipinski definition) is 0. The van der Waals surface area contributed by atoms with E-state index in [9.17, 15) is 0 Å². The maximum atomic E-state index is 6.12. The van der Waals surface area contributed by atoms with Gasteiger partial charge in [-0.25, -0.2) is 4.98 Å². The molecule has 0 amide bonds. The molecule has 0 bridgehead atoms. The highest BCUT2D eigenvalue weighted by molar-refractivity contribution is 7.99. The molecule has 3 aromatic rings. The molecule has 0 aliphatic rings. The van der Waals surface area contributed by atoms with Crippen molar-refractivity contribution >= 4 is 23.4 Å². The van der Waals surface area contributed by atoms with Crippen molar-refractivity contribution in [2.75, 3.05) is 0 Å². The van der Waals surface area contributed by atoms with Crippen molar-refractivity contribution < 1.29 is 4.42 Å². The molecule has 0 N–H and O–H groups in total. The van der Waals surface area contributed by atoms with E-state index in [1.165, 1.54) is 17.3 Å². The van der Waals surface area contributed by atoms with Crippen LogP contribution in [0.4, 0.5) is 0 Å². The van der Waals surface area contributed by atoms with Gasteiger partial charge >= 0.3 is 0 Å². The van der Waals surface area contributed by atoms with Gasteiger partial charge in [0.1, 0.15) is 5.03 Å². The largest absolute Gasteiger partial charge is 0.419 e. The summed E-state index contributed by atoms with van der Waals surface area (Å²) < 4.78 is 5.77. The van der Waals surface area contributed by atoms with Gasteiger partial charge in [-0.15, -0.1) is 10.2 Å². The van der Waals surface area contributed by atoms with Crippen LogP contribution in [-0.4, -0.2) is 15.2 Å². The monoisotopic (exact) mass is 331 g/mol. The van der Waals surface area contributed by atoms with Gasteiger partial charge in [0.05, 0.1) is 10.3 Å². The van der Waals surface area contributed by atoms with E-state index in [1.807, 2.05) is 44.2 Å². The van der Waals surface area contributed by atoms with Gasteiger partial charge in [-0.2, -0.15) is 0 Å². The molecule has 0 saturated carbocycles. The second kappa shape index (κ2) is 6.50. The second-order valence-corrected chi connectivity index (χ2v) is 6.60. The smallest absolute Gasteiger partial charge is 0.247 e. The number of benzene rings is 1. The zero-order chi connectivity index (χ0) is 15.5. The average Bonchev–Trinajstić information content (AvgIpc) is 3.00. The van der Waals surface area contributed by atoms with E-state index in [1.54, 1.807) is 12.3 Å². The molecular formula is C16H14ClN3OS. The van der Waals surface area contributed by atoms with Crippen molar-refractivity contribution in [3.05, 3.63) is 59.1 Å². The Bertz CT molecular complexity index is 773. The highest BCUT2D eigenvalue weighted by Gasteiger charge is 2.18. The van der Waals surface area contributed by atoms with E-state index >= 15 is 0 Å². The molecule has 112 valence electrons. The highest BCUT2D eigenvalue weighted by Crippen LogP contribution is 2.37. The van der Waals surface area contributed by atoms with Gasteiger partial charge < -0.3 is 4.42 Å². The highest BCUT2D eigenvalue weighted by atomic mass is 35.5. The second-order valence-electron chi connectivity index (χ2n) is 4.86. The molecule has 22 heavy (non-hydrogen) atoms. The maximum absolute atomic E-state index is 6.12. The summed E-state index contributed by atoms with van der Waals surface area (Å²) in [5.74, 6) is 1.08. The fraction of sp³-hybridized carbons (Fsp3) is 0.188. The Morgan fingerprint density at radius 2 is 1.91 bits per heavy atom. The van der Waals surface area contributed by atoms with Gasteiger partial charge in [0.25, 0.3) is 0 Å². The van der Waals surface area contributed by atoms with E-state index < -0.39 is 0 Å². The molecule has 0 radical (unpaired) electrons. The lowest BCUT2D eigenvalue weighted by molar-refractivity contribution is 0.509. The first-order valence-corrected chi connectivity index (χ1v) is 8.07. The van der Waals surface area contributed by atoms with Gasteiger partial charge in [0.15, 0.2) is 0 Å². The van der Waals surface area contributed by atoms with Gasteiger partial charge in [0.2, 0.25) is 11.8 Å². The maximum Gasteiger partial charge on any atom is 0.247 e. The minimum absolute atomic E-state index is 0.0286. The average molecular weight is 332 g/mol. The van der Waals surface area contributed by atoms with Crippen LogP contribution in [0.3, 0.4) is 0 Å². The van der Waals surface area contributed by atoms with E-state index in [0.717, 1.165) is 10.6 Å². The van der Waals surface area contributed by atoms with Gasteiger partial charge in [-0.3, -0.25) is 0 Å². The first-order chi connectivity index (χ1) is 10.6. The number of thioether (sulfide) groups is 1. The van der Waals surface area contributed by atoms with Crippen molar-refractivity contribution in [1.29, 1.82) is 0 Å². The van der Waals surface area contributed by atoms with Crippen LogP contribution < -0.4 is 0 Å². The molecule has 0 fully saturated rings. The Hall–Kier alpha value is -1.85. The van der Waals surface area contributed by atoms with Crippen molar-refractivity contribution in [3.8, 4) is 11.5 Å². The molecule has 0 aliphatic carbocycles. The van der Waals surface area contributed by atoms with Crippen molar-refractivity contribution in [2.24, 2.45) is 0 Å². The van der Waals surface area contributed by atoms with Crippen LogP contribution in [0.2, 0.25) is 5.02 Å². The lowest BCUT2D eigenvalue weighted by Gasteiger charge is -2.06. The third-order valence-electron chi connectivity index (χ3n) is 3.10. The van der Waals surface area contributed by atoms with E-state index in [2.05, 4.69) is 15.2 Å². The van der Waals surface area contributed by atoms with E-state index in [4.69, 9.17) is 16.0 Å². The van der Waals surface area contributed by atoms with Crippen LogP contribution in [0.5, 0.6) is 0 Å². The summed E-state index contributed by atoms with van der Waals surface area (Å²) in [6.45, 7) is 4.03. The number of aromatic nitrogens is 3. The van der Waals surface area contributed by atoms with E-state index in [-0.39, 0.29) is 5.25 Å². The van der Waals surface area contributed by atoms with Gasteiger partial charge in [-0.05, 0) is 38.1 Å². The Morgan fingerprint density at radius 3 is 2.64 bits per heavy atom. The minimum Gasteiger partial charge on any atom is -0.419 e. The van der Waals surface area contributed by atoms with Crippen LogP contribution in [0.1, 0.15) is 23.6 Å². The molecule has 1 atom stereocenters. The molecule has 0 saturated heterocycles. The minimum atomic E-state index is -0.0286. The lowest BCUT2D eigenvalue weighted by Crippen LogP contribution is -1.90. The Morgan fingerprint density at radius 1 is 1.14 bits per heavy atom. The topological polar surface area (TPSA) is 51.8 Å². The summed E-state index contributed by atoms with van der Waals surface area (Å²) in [5.41, 5.74) is 2.11. The standard InChI is InChI=1S/C16H14ClN3OS/c1-10-5-7-12(8-6-10)15-20-19-14(21-15)11(2)22-16-13(17)4-3-9-18-16/h3-9,11H,1-2H3. The normalized spacial score (nSPS) is 12.3. The van der Waals surface area contributed by atoms with Gasteiger partial charge in [0, 0.05) is 11.8 Å². The SMILES string of the molecule is Cc1ccc(-c2nnc(C(C)Sc3ncccc3Cl)o2)cc1. The summed E-state index contributed by atoms with van der Waals surface area (Å²) in [6.07, 6.45) is 1.71. The molecule has 3 rings (SSSR count). The Balaban J connectivity index is 1.78. The summed E-state index contributed by atoms with van der Waals surface area (Å²) in [6, 6.07) is 11.6. The Labute approximate surface area is 137 Å². The predicted molar refractivity (Wildman–Crippen MR) is 88.0 cm³/mol. The first-order valence-electron chi connectivity index (χ1n) is 6.81. The quantitative estimate of drug-likeness (QED) is 0.633. The van der Waals surface area contributed by atoms with Crippen LogP contribution in [-0.2, 0) is 0 Å². The van der Waals surface area contributed by atoms with Crippen LogP contribution in [0.15, 0.2) is 52.0 Å². The zero-order valence-electron chi connectivity index (χ0n) is 12.2. The molecule has 6 heteroatoms. The number of rotatable bonds is 4. The molecule has 2 heterocycles. The van der Waals surface area contributed by atoms with E-state index in [0.29, 0.717) is 16.8 Å². The summed E-state index contributed by atoms with van der Waals surface area (Å²) in [5, 5.41) is 9.60. The number of nitrogens with zero attached hydrogens (tertiary/aromatic N) is 3. The third-order valence-corrected chi connectivity index (χ3v) is 4.62. The number of aryl methyl sites for hydroxylation is 1. The fourth-order valence-corrected chi connectivity index (χ4v) is 2.98. The van der Waals surface area contributed by atoms with Crippen molar-refractivity contribution in [1.82, 2.24) is 15.2 Å². The molecular weight excluding hydrogens is 318 g/mol. The molecule has 4 nitrogen and oxygen atoms in total. The van der Waals surface area contributed by atoms with Crippen molar-refractivity contribution in [3.63, 3.8) is 0 Å². The fourth-order valence-electron chi connectivity index (χ4n) is 1.89. The third kappa shape index (κ3) is 3.31. The van der Waals surface area contributed by atoms with Crippen LogP contribution in [0, 0.1) is 6.92 Å². The van der Waals surface area contributed by atoms with Crippen LogP contribution >= 0.6 is 23.4 Å². The number of hydrogen-bond acceptors (Lipinski definition) is 5.